The zero-order valence-electron chi connectivity index (χ0n) is 18.2. The summed E-state index contributed by atoms with van der Waals surface area (Å²) < 4.78 is 0. The van der Waals surface area contributed by atoms with Gasteiger partial charge in [-0.3, -0.25) is 19.4 Å². The molecule has 1 unspecified atom stereocenters. The zero-order valence-corrected chi connectivity index (χ0v) is 18.2. The maximum Gasteiger partial charge on any atom is 0.251 e. The Kier molecular flexibility index (Phi) is 7.88. The second-order valence-corrected chi connectivity index (χ2v) is 7.69. The van der Waals surface area contributed by atoms with Gasteiger partial charge in [0.1, 0.15) is 5.75 Å². The molecule has 2 aromatic carbocycles. The Morgan fingerprint density at radius 3 is 2.27 bits per heavy atom. The van der Waals surface area contributed by atoms with Crippen LogP contribution in [0.4, 0.5) is 0 Å². The number of amides is 2. The topological polar surface area (TPSA) is 134 Å². The number of benzene rings is 2. The number of carbonyl (C=O) groups is 3. The number of aryl methyl sites for hydroxylation is 1. The second-order valence-electron chi connectivity index (χ2n) is 7.69. The van der Waals surface area contributed by atoms with E-state index in [1.54, 1.807) is 36.7 Å². The fourth-order valence-electron chi connectivity index (χ4n) is 3.32. The Bertz CT molecular complexity index is 1120. The van der Waals surface area contributed by atoms with Crippen molar-refractivity contribution in [3.8, 4) is 5.75 Å². The first kappa shape index (κ1) is 23.6. The van der Waals surface area contributed by atoms with E-state index in [0.29, 0.717) is 16.7 Å². The highest BCUT2D eigenvalue weighted by Gasteiger charge is 2.17. The van der Waals surface area contributed by atoms with Gasteiger partial charge in [-0.25, -0.2) is 0 Å². The molecule has 1 aromatic heterocycles. The lowest BCUT2D eigenvalue weighted by atomic mass is 9.99. The lowest BCUT2D eigenvalue weighted by Gasteiger charge is -2.10. The molecule has 1 aliphatic rings. The Morgan fingerprint density at radius 1 is 1.00 bits per heavy atom. The van der Waals surface area contributed by atoms with E-state index in [1.165, 1.54) is 30.3 Å². The number of hydrogen-bond donors (Lipinski definition) is 4. The molecule has 170 valence electrons. The Labute approximate surface area is 191 Å². The van der Waals surface area contributed by atoms with E-state index in [4.69, 9.17) is 5.73 Å². The molecular weight excluding hydrogens is 420 g/mol. The highest BCUT2D eigenvalue weighted by atomic mass is 16.3. The molecule has 2 amide bonds. The summed E-state index contributed by atoms with van der Waals surface area (Å²) in [4.78, 5) is 38.7. The van der Waals surface area contributed by atoms with E-state index in [1.807, 2.05) is 6.92 Å². The van der Waals surface area contributed by atoms with Gasteiger partial charge in [-0.2, -0.15) is 0 Å². The number of ketones is 1. The molecule has 0 radical (unpaired) electrons. The standard InChI is InChI=1S/C15H13NO3.C10H13N3O/c1-9-2-7-13(17)12(8-9)14(18)10-3-5-11(6-4-10)15(16)19;14-10(8-1-4-11-5-2-8)13-9-3-6-12-7-9/h2-8,17H,1H3,(H2,16,19);1-2,4-5,9,12H,3,6-7H2,(H,13,14). The summed E-state index contributed by atoms with van der Waals surface area (Å²) in [5, 5.41) is 15.9. The van der Waals surface area contributed by atoms with Crippen molar-refractivity contribution in [2.24, 2.45) is 5.73 Å². The van der Waals surface area contributed by atoms with Crippen LogP contribution in [0.25, 0.3) is 0 Å². The maximum absolute atomic E-state index is 12.2. The Morgan fingerprint density at radius 2 is 1.67 bits per heavy atom. The smallest absolute Gasteiger partial charge is 0.251 e. The zero-order chi connectivity index (χ0) is 23.8. The van der Waals surface area contributed by atoms with Crippen LogP contribution in [0.2, 0.25) is 0 Å². The number of nitrogens with one attached hydrogen (secondary N) is 2. The summed E-state index contributed by atoms with van der Waals surface area (Å²) in [6.45, 7) is 3.70. The molecule has 2 heterocycles. The molecule has 0 spiro atoms. The van der Waals surface area contributed by atoms with Crippen LogP contribution < -0.4 is 16.4 Å². The highest BCUT2D eigenvalue weighted by molar-refractivity contribution is 6.11. The monoisotopic (exact) mass is 446 g/mol. The summed E-state index contributed by atoms with van der Waals surface area (Å²) in [6, 6.07) is 14.6. The number of phenolic OH excluding ortho intramolecular Hbond substituents is 1. The summed E-state index contributed by atoms with van der Waals surface area (Å²) >= 11 is 0. The van der Waals surface area contributed by atoms with Gasteiger partial charge in [-0.05, 0) is 56.3 Å². The number of phenols is 1. The van der Waals surface area contributed by atoms with Gasteiger partial charge in [-0.1, -0.05) is 23.8 Å². The van der Waals surface area contributed by atoms with E-state index >= 15 is 0 Å². The predicted octanol–water partition coefficient (Wildman–Crippen LogP) is 2.20. The third-order valence-corrected chi connectivity index (χ3v) is 5.17. The molecule has 0 aliphatic carbocycles. The van der Waals surface area contributed by atoms with Gasteiger partial charge in [0.05, 0.1) is 5.56 Å². The minimum atomic E-state index is -0.544. The van der Waals surface area contributed by atoms with Crippen molar-refractivity contribution in [2.45, 2.75) is 19.4 Å². The van der Waals surface area contributed by atoms with Crippen molar-refractivity contribution in [1.82, 2.24) is 15.6 Å². The Hall–Kier alpha value is -4.04. The third kappa shape index (κ3) is 6.47. The first-order valence-corrected chi connectivity index (χ1v) is 10.5. The average Bonchev–Trinajstić information content (AvgIpc) is 3.34. The fraction of sp³-hybridized carbons (Fsp3) is 0.200. The highest BCUT2D eigenvalue weighted by Crippen LogP contribution is 2.22. The van der Waals surface area contributed by atoms with E-state index in [0.717, 1.165) is 25.1 Å². The molecular formula is C25H26N4O4. The van der Waals surface area contributed by atoms with E-state index in [2.05, 4.69) is 15.6 Å². The minimum absolute atomic E-state index is 0.0129. The van der Waals surface area contributed by atoms with Crippen LogP contribution in [0.1, 0.15) is 48.6 Å². The van der Waals surface area contributed by atoms with Gasteiger partial charge < -0.3 is 21.5 Å². The predicted molar refractivity (Wildman–Crippen MR) is 124 cm³/mol. The van der Waals surface area contributed by atoms with Gasteiger partial charge in [0.15, 0.2) is 5.78 Å². The molecule has 8 heteroatoms. The first-order valence-electron chi connectivity index (χ1n) is 10.5. The van der Waals surface area contributed by atoms with Crippen molar-refractivity contribution in [2.75, 3.05) is 13.1 Å². The van der Waals surface area contributed by atoms with E-state index in [9.17, 15) is 19.5 Å². The third-order valence-electron chi connectivity index (χ3n) is 5.17. The molecule has 0 bridgehead atoms. The van der Waals surface area contributed by atoms with Crippen LogP contribution in [0, 0.1) is 6.92 Å². The van der Waals surface area contributed by atoms with Gasteiger partial charge in [-0.15, -0.1) is 0 Å². The maximum atomic E-state index is 12.2. The van der Waals surface area contributed by atoms with Gasteiger partial charge in [0.25, 0.3) is 5.91 Å². The molecule has 1 saturated heterocycles. The first-order chi connectivity index (χ1) is 15.8. The number of nitrogens with zero attached hydrogens (tertiary/aromatic N) is 1. The molecule has 5 N–H and O–H groups in total. The number of carbonyl (C=O) groups excluding carboxylic acids is 3. The number of pyridine rings is 1. The molecule has 1 aliphatic heterocycles. The molecule has 4 rings (SSSR count). The van der Waals surface area contributed by atoms with Crippen LogP contribution in [0.3, 0.4) is 0 Å². The Balaban J connectivity index is 0.000000194. The quantitative estimate of drug-likeness (QED) is 0.444. The molecule has 8 nitrogen and oxygen atoms in total. The number of hydrogen-bond acceptors (Lipinski definition) is 6. The molecule has 33 heavy (non-hydrogen) atoms. The number of aromatic nitrogens is 1. The number of aromatic hydroxyl groups is 1. The number of rotatable bonds is 5. The normalized spacial score (nSPS) is 14.6. The van der Waals surface area contributed by atoms with Crippen molar-refractivity contribution in [1.29, 1.82) is 0 Å². The molecule has 1 fully saturated rings. The lowest BCUT2D eigenvalue weighted by Crippen LogP contribution is -2.36. The molecule has 1 atom stereocenters. The largest absolute Gasteiger partial charge is 0.507 e. The van der Waals surface area contributed by atoms with E-state index < -0.39 is 5.91 Å². The van der Waals surface area contributed by atoms with Crippen molar-refractivity contribution in [3.05, 3.63) is 94.8 Å². The van der Waals surface area contributed by atoms with Crippen LogP contribution >= 0.6 is 0 Å². The summed E-state index contributed by atoms with van der Waals surface area (Å²) in [5.74, 6) is -0.912. The van der Waals surface area contributed by atoms with Crippen LogP contribution in [-0.2, 0) is 0 Å². The summed E-state index contributed by atoms with van der Waals surface area (Å²) in [5.41, 5.74) is 7.66. The molecule has 0 saturated carbocycles. The van der Waals surface area contributed by atoms with Crippen LogP contribution in [0.5, 0.6) is 5.75 Å². The van der Waals surface area contributed by atoms with Gasteiger partial charge >= 0.3 is 0 Å². The molecule has 3 aromatic rings. The number of primary amides is 1. The number of nitrogens with two attached hydrogens (primary N) is 1. The van der Waals surface area contributed by atoms with E-state index in [-0.39, 0.29) is 29.0 Å². The lowest BCUT2D eigenvalue weighted by molar-refractivity contribution is 0.0938. The van der Waals surface area contributed by atoms with Gasteiger partial charge in [0.2, 0.25) is 5.91 Å². The van der Waals surface area contributed by atoms with Crippen LogP contribution in [-0.4, -0.2) is 46.8 Å². The minimum Gasteiger partial charge on any atom is -0.507 e. The van der Waals surface area contributed by atoms with Crippen molar-refractivity contribution >= 4 is 17.6 Å². The summed E-state index contributed by atoms with van der Waals surface area (Å²) in [7, 11) is 0. The summed E-state index contributed by atoms with van der Waals surface area (Å²) in [6.07, 6.45) is 4.26. The second kappa shape index (κ2) is 11.0. The fourth-order valence-corrected chi connectivity index (χ4v) is 3.32. The van der Waals surface area contributed by atoms with Crippen molar-refractivity contribution < 1.29 is 19.5 Å². The SMILES string of the molecule is Cc1ccc(O)c(C(=O)c2ccc(C(N)=O)cc2)c1.O=C(NC1CCNC1)c1ccncc1. The van der Waals surface area contributed by atoms with Crippen molar-refractivity contribution in [3.63, 3.8) is 0 Å². The average molecular weight is 447 g/mol. The van der Waals surface area contributed by atoms with Crippen LogP contribution in [0.15, 0.2) is 67.0 Å². The van der Waals surface area contributed by atoms with Gasteiger partial charge in [0, 0.05) is 41.7 Å².